The number of phenolic OH excluding ortho intramolecular Hbond substituents is 1. The molecule has 75 heavy (non-hydrogen) atoms. The lowest BCUT2D eigenvalue weighted by atomic mass is 9.57. The van der Waals surface area contributed by atoms with Gasteiger partial charge in [0.05, 0.1) is 53.4 Å². The highest BCUT2D eigenvalue weighted by atomic mass is 16.7. The van der Waals surface area contributed by atoms with Crippen LogP contribution in [0.4, 0.5) is 0 Å². The molecule has 4 saturated heterocycles. The monoisotopic (exact) mass is 1060 g/mol. The highest BCUT2D eigenvalue weighted by Crippen LogP contribution is 2.55. The van der Waals surface area contributed by atoms with Crippen LogP contribution in [0.25, 0.3) is 0 Å². The largest absolute Gasteiger partial charge is 0.507 e. The highest BCUT2D eigenvalue weighted by Gasteiger charge is 2.69. The highest BCUT2D eigenvalue weighted by molar-refractivity contribution is 6.32. The Bertz CT molecular complexity index is 2480. The van der Waals surface area contributed by atoms with E-state index in [9.17, 15) is 48.9 Å². The van der Waals surface area contributed by atoms with Gasteiger partial charge in [0.25, 0.3) is 0 Å². The van der Waals surface area contributed by atoms with Gasteiger partial charge < -0.3 is 72.2 Å². The summed E-state index contributed by atoms with van der Waals surface area (Å²) < 4.78 is 66.1. The molecule has 1 aromatic carbocycles. The van der Waals surface area contributed by atoms with Crippen LogP contribution in [0.1, 0.15) is 153 Å². The zero-order valence-corrected chi connectivity index (χ0v) is 43.7. The summed E-state index contributed by atoms with van der Waals surface area (Å²) in [5, 5.41) is 35.7. The van der Waals surface area contributed by atoms with Gasteiger partial charge in [-0.3, -0.25) is 33.6 Å². The number of rotatable bonds is 11. The molecule has 1 saturated carbocycles. The Balaban J connectivity index is 0.00000267. The van der Waals surface area contributed by atoms with Crippen molar-refractivity contribution < 1.29 is 106 Å². The molecule has 22 heteroatoms. The maximum Gasteiger partial charge on any atom is 0.303 e. The lowest BCUT2D eigenvalue weighted by molar-refractivity contribution is -0.308. The van der Waals surface area contributed by atoms with Gasteiger partial charge in [-0.15, -0.1) is 0 Å². The minimum Gasteiger partial charge on any atom is -0.507 e. The molecule has 22 nitrogen and oxygen atoms in total. The summed E-state index contributed by atoms with van der Waals surface area (Å²) in [5.74, 6) is -5.43. The quantitative estimate of drug-likeness (QED) is 0.160. The molecule has 3 aliphatic carbocycles. The van der Waals surface area contributed by atoms with Crippen LogP contribution in [0.3, 0.4) is 0 Å². The summed E-state index contributed by atoms with van der Waals surface area (Å²) in [7, 11) is 0. The summed E-state index contributed by atoms with van der Waals surface area (Å²) in [6.45, 7) is 14.6. The second-order valence-electron chi connectivity index (χ2n) is 20.5. The number of carbonyl (C=O) groups is 8. The number of phenols is 1. The molecule has 7 aliphatic rings. The maximum absolute atomic E-state index is 14.9. The van der Waals surface area contributed by atoms with Gasteiger partial charge in [-0.25, -0.2) is 0 Å². The number of carbonyl (C=O) groups excluding carboxylic acids is 8. The van der Waals surface area contributed by atoms with Crippen molar-refractivity contribution in [2.24, 2.45) is 0 Å². The van der Waals surface area contributed by atoms with Gasteiger partial charge in [-0.05, 0) is 66.5 Å². The third-order valence-electron chi connectivity index (χ3n) is 14.5. The Morgan fingerprint density at radius 3 is 1.81 bits per heavy atom. The zero-order chi connectivity index (χ0) is 55.1. The second-order valence-corrected chi connectivity index (χ2v) is 20.5. The predicted octanol–water partition coefficient (Wildman–Crippen LogP) is 3.98. The summed E-state index contributed by atoms with van der Waals surface area (Å²) >= 11 is 0. The van der Waals surface area contributed by atoms with Gasteiger partial charge in [0.15, 0.2) is 54.0 Å². The van der Waals surface area contributed by atoms with Crippen molar-refractivity contribution in [2.75, 3.05) is 0 Å². The van der Waals surface area contributed by atoms with Crippen molar-refractivity contribution in [3.05, 3.63) is 52.1 Å². The molecule has 412 valence electrons. The Morgan fingerprint density at radius 1 is 0.667 bits per heavy atom. The van der Waals surface area contributed by atoms with Crippen LogP contribution in [-0.2, 0) is 80.9 Å². The zero-order valence-electron chi connectivity index (χ0n) is 43.7. The first-order valence-electron chi connectivity index (χ1n) is 25.3. The molecule has 0 aromatic heterocycles. The summed E-state index contributed by atoms with van der Waals surface area (Å²) in [5.41, 5.74) is -7.96. The van der Waals surface area contributed by atoms with Gasteiger partial charge in [0.2, 0.25) is 0 Å². The van der Waals surface area contributed by atoms with Crippen molar-refractivity contribution in [2.45, 2.75) is 223 Å². The molecule has 0 amide bonds. The normalized spacial score (nSPS) is 38.4. The number of benzene rings is 1. The van der Waals surface area contributed by atoms with Gasteiger partial charge in [0.1, 0.15) is 35.9 Å². The first kappa shape index (κ1) is 57.4. The van der Waals surface area contributed by atoms with Crippen molar-refractivity contribution in [3.8, 4) is 5.75 Å². The van der Waals surface area contributed by atoms with Crippen LogP contribution in [0, 0.1) is 0 Å². The minimum absolute atomic E-state index is 0.0236. The Hall–Kier alpha value is -5.30. The van der Waals surface area contributed by atoms with Gasteiger partial charge in [-0.2, -0.15) is 0 Å². The van der Waals surface area contributed by atoms with Crippen LogP contribution in [0.5, 0.6) is 5.75 Å². The fourth-order valence-corrected chi connectivity index (χ4v) is 11.5. The lowest BCUT2D eigenvalue weighted by Crippen LogP contribution is -2.71. The van der Waals surface area contributed by atoms with Crippen molar-refractivity contribution >= 4 is 47.5 Å². The standard InChI is InChI=1S/C51H64O21.C2H4O/c1-22-33(66-26(5)52)13-15-40(64-22)72-51-38(56)20-49(9,60)21-50(51,61)17-16-32-43(51)46(59)31-11-10-30(44(57)42(31)45(32)58)35-18-36(47(24(3)62-35)68-28(7)54)71-39-14-12-34(23(2)63-39)70-41-19-37(67-27(6)53)48(25(4)65-41)69-29(8)55;1-2-3/h10-11,16-17,22-25,33-37,39-41,47-48,57,60-61H,12-15,18-21H2,1-9H3;2H,1H3/t22?,23?,24?,25?,33?,34?,35?,36?,37?,39?,40?,41?,47?,48?,49-,50?,51?;/m1./s1. The Kier molecular flexibility index (Phi) is 17.4. The lowest BCUT2D eigenvalue weighted by Gasteiger charge is -2.55. The van der Waals surface area contributed by atoms with E-state index in [1.165, 1.54) is 59.8 Å². The molecule has 17 atom stereocenters. The fourth-order valence-electron chi connectivity index (χ4n) is 11.5. The second kappa shape index (κ2) is 22.7. The molecular weight excluding hydrogens is 989 g/mol. The number of aliphatic hydroxyl groups is 2. The number of fused-ring (bicyclic) bond motifs is 3. The van der Waals surface area contributed by atoms with Crippen molar-refractivity contribution in [1.29, 1.82) is 0 Å². The summed E-state index contributed by atoms with van der Waals surface area (Å²) in [4.78, 5) is 101. The molecule has 0 radical (unpaired) electrons. The minimum atomic E-state index is -2.54. The first-order chi connectivity index (χ1) is 35.2. The number of aromatic hydroxyl groups is 1. The van der Waals surface area contributed by atoms with E-state index in [-0.39, 0.29) is 47.9 Å². The molecule has 0 bridgehead atoms. The van der Waals surface area contributed by atoms with Crippen LogP contribution < -0.4 is 0 Å². The molecule has 4 aliphatic heterocycles. The van der Waals surface area contributed by atoms with Crippen LogP contribution in [0.2, 0.25) is 0 Å². The maximum atomic E-state index is 14.9. The first-order valence-corrected chi connectivity index (χ1v) is 25.3. The fraction of sp³-hybridized carbons (Fsp3) is 0.660. The molecule has 3 N–H and O–H groups in total. The Morgan fingerprint density at radius 2 is 1.20 bits per heavy atom. The predicted molar refractivity (Wildman–Crippen MR) is 254 cm³/mol. The van der Waals surface area contributed by atoms with E-state index in [2.05, 4.69) is 0 Å². The van der Waals surface area contributed by atoms with E-state index >= 15 is 0 Å². The average molecular weight is 1060 g/mol. The third-order valence-corrected chi connectivity index (χ3v) is 14.5. The van der Waals surface area contributed by atoms with Crippen LogP contribution >= 0.6 is 0 Å². The molecule has 8 rings (SSSR count). The van der Waals surface area contributed by atoms with E-state index in [4.69, 9.17) is 56.9 Å². The average Bonchev–Trinajstić information content (AvgIpc) is 3.29. The number of ether oxygens (including phenoxy) is 11. The van der Waals surface area contributed by atoms with Crippen LogP contribution in [-0.4, -0.2) is 160 Å². The SMILES string of the molecule is CC(=O)OC1CCC(OC23C(=O)C[C@@](C)(O)CC2(O)C=CC2=C3C(=O)c3ccc(C4CC(OC5CCC(OC6CC(OC(C)=O)C(OC(C)=O)C(C)O6)C(C)O5)C(OC(C)=O)C(C)O4)c(O)c3C2=O)OC1C.CC=O. The van der Waals surface area contributed by atoms with E-state index in [0.29, 0.717) is 12.8 Å². The van der Waals surface area contributed by atoms with E-state index in [0.717, 1.165) is 12.4 Å². The molecule has 16 unspecified atom stereocenters. The molecular formula is C53H68O22. The molecule has 5 fully saturated rings. The van der Waals surface area contributed by atoms with E-state index < -0.39 is 168 Å². The van der Waals surface area contributed by atoms with Gasteiger partial charge in [0, 0.05) is 82.9 Å². The van der Waals surface area contributed by atoms with Crippen LogP contribution in [0.15, 0.2) is 35.4 Å². The van der Waals surface area contributed by atoms with Gasteiger partial charge >= 0.3 is 23.9 Å². The number of ketones is 3. The summed E-state index contributed by atoms with van der Waals surface area (Å²) in [6, 6.07) is 2.73. The molecule has 0 spiro atoms. The van der Waals surface area contributed by atoms with E-state index in [1.54, 1.807) is 27.7 Å². The number of hydrogen-bond acceptors (Lipinski definition) is 22. The van der Waals surface area contributed by atoms with Crippen molar-refractivity contribution in [1.82, 2.24) is 0 Å². The number of allylic oxidation sites excluding steroid dienone is 2. The number of hydrogen-bond donors (Lipinski definition) is 3. The van der Waals surface area contributed by atoms with Crippen molar-refractivity contribution in [3.63, 3.8) is 0 Å². The smallest absolute Gasteiger partial charge is 0.303 e. The number of aldehydes is 1. The Labute approximate surface area is 433 Å². The van der Waals surface area contributed by atoms with Gasteiger partial charge in [-0.1, -0.05) is 12.1 Å². The topological polar surface area (TPSA) is 299 Å². The molecule has 4 heterocycles. The third kappa shape index (κ3) is 11.8. The number of Topliss-reactive ketones (excluding diaryl/α,β-unsaturated/α-hetero) is 3. The number of esters is 4. The summed E-state index contributed by atoms with van der Waals surface area (Å²) in [6.07, 6.45) is -8.04. The van der Waals surface area contributed by atoms with E-state index in [1.807, 2.05) is 0 Å². The molecule has 1 aromatic rings.